The highest BCUT2D eigenvalue weighted by molar-refractivity contribution is 6.29. The van der Waals surface area contributed by atoms with Gasteiger partial charge >= 0.3 is 12.2 Å². The highest BCUT2D eigenvalue weighted by atomic mass is 35.5. The van der Waals surface area contributed by atoms with E-state index in [0.29, 0.717) is 21.3 Å². The molecule has 0 saturated carbocycles. The van der Waals surface area contributed by atoms with Gasteiger partial charge in [-0.15, -0.1) is 0 Å². The molecule has 1 N–H and O–H groups in total. The number of aryl methyl sites for hydroxylation is 1. The predicted molar refractivity (Wildman–Crippen MR) is 60.0 cm³/mol. The van der Waals surface area contributed by atoms with Crippen LogP contribution in [-0.4, -0.2) is 34.3 Å². The lowest BCUT2D eigenvalue weighted by atomic mass is 10.2. The summed E-state index contributed by atoms with van der Waals surface area (Å²) in [5.41, 5.74) is 1.15. The Morgan fingerprint density at radius 3 is 2.65 bits per heavy atom. The Morgan fingerprint density at radius 1 is 1.53 bits per heavy atom. The minimum Gasteiger partial charge on any atom is -0.465 e. The van der Waals surface area contributed by atoms with Gasteiger partial charge in [-0.2, -0.15) is 0 Å². The Hall–Kier alpha value is -1.82. The van der Waals surface area contributed by atoms with E-state index < -0.39 is 12.2 Å². The topological polar surface area (TPSA) is 79.7 Å². The fraction of sp³-hybridized carbons (Fsp3) is 0.300. The molecule has 0 radical (unpaired) electrons. The van der Waals surface area contributed by atoms with E-state index in [2.05, 4.69) is 9.72 Å². The summed E-state index contributed by atoms with van der Waals surface area (Å²) in [4.78, 5) is 26.6. The van der Waals surface area contributed by atoms with Crippen LogP contribution in [0.25, 0.3) is 0 Å². The van der Waals surface area contributed by atoms with Crippen molar-refractivity contribution in [2.75, 3.05) is 7.11 Å². The molecule has 1 rings (SSSR count). The van der Waals surface area contributed by atoms with Crippen molar-refractivity contribution in [1.29, 1.82) is 0 Å². The summed E-state index contributed by atoms with van der Waals surface area (Å²) in [6, 6.07) is 3.14. The molecular formula is C10H11ClN2O4. The summed E-state index contributed by atoms with van der Waals surface area (Å²) < 4.78 is 4.37. The Kier molecular flexibility index (Phi) is 4.28. The summed E-state index contributed by atoms with van der Waals surface area (Å²) in [5.74, 6) is 0. The van der Waals surface area contributed by atoms with Gasteiger partial charge in [0.2, 0.25) is 0 Å². The van der Waals surface area contributed by atoms with Crippen LogP contribution in [-0.2, 0) is 11.3 Å². The van der Waals surface area contributed by atoms with Gasteiger partial charge in [-0.05, 0) is 18.6 Å². The first-order chi connectivity index (χ1) is 7.95. The molecule has 0 aliphatic heterocycles. The summed E-state index contributed by atoms with van der Waals surface area (Å²) in [7, 11) is 1.12. The molecule has 1 heterocycles. The van der Waals surface area contributed by atoms with Crippen LogP contribution in [0.5, 0.6) is 0 Å². The third-order valence-corrected chi connectivity index (χ3v) is 2.33. The second kappa shape index (κ2) is 5.49. The molecular weight excluding hydrogens is 248 g/mol. The average molecular weight is 259 g/mol. The number of amides is 2. The molecule has 0 aliphatic rings. The SMILES string of the molecule is COC(=O)N(Cc1ccc(Cl)nc1C)C(=O)O. The number of aromatic nitrogens is 1. The predicted octanol–water partition coefficient (Wildman–Crippen LogP) is 2.29. The number of ether oxygens (including phenoxy) is 1. The number of hydrogen-bond donors (Lipinski definition) is 1. The molecule has 2 amide bonds. The van der Waals surface area contributed by atoms with Crippen LogP contribution in [0.1, 0.15) is 11.3 Å². The van der Waals surface area contributed by atoms with Crippen molar-refractivity contribution < 1.29 is 19.4 Å². The van der Waals surface area contributed by atoms with Crippen LogP contribution >= 0.6 is 11.6 Å². The number of methoxy groups -OCH3 is 1. The molecule has 7 heteroatoms. The third kappa shape index (κ3) is 3.32. The summed E-state index contributed by atoms with van der Waals surface area (Å²) in [6.07, 6.45) is -2.32. The molecule has 17 heavy (non-hydrogen) atoms. The second-order valence-electron chi connectivity index (χ2n) is 3.22. The lowest BCUT2D eigenvalue weighted by Crippen LogP contribution is -2.35. The monoisotopic (exact) mass is 258 g/mol. The number of halogens is 1. The van der Waals surface area contributed by atoms with Gasteiger partial charge in [0.05, 0.1) is 13.7 Å². The lowest BCUT2D eigenvalue weighted by Gasteiger charge is -2.16. The van der Waals surface area contributed by atoms with Crippen LogP contribution in [0, 0.1) is 6.92 Å². The zero-order chi connectivity index (χ0) is 13.0. The fourth-order valence-corrected chi connectivity index (χ4v) is 1.41. The van der Waals surface area contributed by atoms with Crippen molar-refractivity contribution in [3.05, 3.63) is 28.5 Å². The number of carbonyl (C=O) groups excluding carboxylic acids is 1. The third-order valence-electron chi connectivity index (χ3n) is 2.12. The maximum Gasteiger partial charge on any atom is 0.419 e. The van der Waals surface area contributed by atoms with E-state index in [-0.39, 0.29) is 6.54 Å². The Bertz CT molecular complexity index is 450. The van der Waals surface area contributed by atoms with Gasteiger partial charge in [0.15, 0.2) is 0 Å². The molecule has 0 atom stereocenters. The molecule has 92 valence electrons. The zero-order valence-corrected chi connectivity index (χ0v) is 10.1. The van der Waals surface area contributed by atoms with E-state index in [1.807, 2.05) is 0 Å². The molecule has 0 bridgehead atoms. The molecule has 0 saturated heterocycles. The number of pyridine rings is 1. The first-order valence-corrected chi connectivity index (χ1v) is 5.04. The minimum atomic E-state index is -1.38. The molecule has 0 fully saturated rings. The van der Waals surface area contributed by atoms with E-state index in [1.54, 1.807) is 13.0 Å². The van der Waals surface area contributed by atoms with Crippen molar-refractivity contribution in [1.82, 2.24) is 9.88 Å². The maximum absolute atomic E-state index is 11.2. The number of carboxylic acid groups (broad SMARTS) is 1. The van der Waals surface area contributed by atoms with E-state index in [0.717, 1.165) is 7.11 Å². The first-order valence-electron chi connectivity index (χ1n) is 4.66. The Balaban J connectivity index is 2.94. The van der Waals surface area contributed by atoms with E-state index in [9.17, 15) is 9.59 Å². The number of carbonyl (C=O) groups is 2. The quantitative estimate of drug-likeness (QED) is 0.823. The zero-order valence-electron chi connectivity index (χ0n) is 9.31. The van der Waals surface area contributed by atoms with Crippen molar-refractivity contribution in [3.63, 3.8) is 0 Å². The highest BCUT2D eigenvalue weighted by Crippen LogP contribution is 2.13. The maximum atomic E-state index is 11.2. The van der Waals surface area contributed by atoms with Gasteiger partial charge < -0.3 is 9.84 Å². The number of hydrogen-bond acceptors (Lipinski definition) is 4. The molecule has 0 aliphatic carbocycles. The van der Waals surface area contributed by atoms with Crippen molar-refractivity contribution in [2.24, 2.45) is 0 Å². The van der Waals surface area contributed by atoms with Gasteiger partial charge in [-0.25, -0.2) is 19.5 Å². The summed E-state index contributed by atoms with van der Waals surface area (Å²) in [6.45, 7) is 1.55. The van der Waals surface area contributed by atoms with Crippen LogP contribution in [0.3, 0.4) is 0 Å². The van der Waals surface area contributed by atoms with Crippen LogP contribution in [0.4, 0.5) is 9.59 Å². The number of imide groups is 1. The number of rotatable bonds is 2. The molecule has 0 aromatic carbocycles. The fourth-order valence-electron chi connectivity index (χ4n) is 1.22. The van der Waals surface area contributed by atoms with Crippen LogP contribution in [0.15, 0.2) is 12.1 Å². The normalized spacial score (nSPS) is 9.82. The summed E-state index contributed by atoms with van der Waals surface area (Å²) in [5, 5.41) is 9.17. The van der Waals surface area contributed by atoms with Gasteiger partial charge in [0, 0.05) is 5.69 Å². The van der Waals surface area contributed by atoms with Gasteiger partial charge in [0.1, 0.15) is 5.15 Å². The van der Waals surface area contributed by atoms with Crippen LogP contribution in [0.2, 0.25) is 5.15 Å². The first kappa shape index (κ1) is 13.2. The Morgan fingerprint density at radius 2 is 2.18 bits per heavy atom. The van der Waals surface area contributed by atoms with E-state index in [4.69, 9.17) is 16.7 Å². The van der Waals surface area contributed by atoms with Gasteiger partial charge in [-0.1, -0.05) is 17.7 Å². The standard InChI is InChI=1S/C10H11ClN2O4/c1-6-7(3-4-8(11)12-6)5-13(9(14)15)10(16)17-2/h3-4H,5H2,1-2H3,(H,14,15). The van der Waals surface area contributed by atoms with E-state index >= 15 is 0 Å². The van der Waals surface area contributed by atoms with Crippen molar-refractivity contribution in [3.8, 4) is 0 Å². The molecule has 0 unspecified atom stereocenters. The highest BCUT2D eigenvalue weighted by Gasteiger charge is 2.22. The smallest absolute Gasteiger partial charge is 0.419 e. The molecule has 1 aromatic rings. The summed E-state index contributed by atoms with van der Waals surface area (Å²) >= 11 is 5.67. The lowest BCUT2D eigenvalue weighted by molar-refractivity contribution is 0.107. The number of nitrogens with zero attached hydrogens (tertiary/aromatic N) is 2. The van der Waals surface area contributed by atoms with E-state index in [1.165, 1.54) is 6.07 Å². The molecule has 1 aromatic heterocycles. The van der Waals surface area contributed by atoms with Gasteiger partial charge in [-0.3, -0.25) is 0 Å². The van der Waals surface area contributed by atoms with Crippen molar-refractivity contribution >= 4 is 23.8 Å². The van der Waals surface area contributed by atoms with Gasteiger partial charge in [0.25, 0.3) is 0 Å². The largest absolute Gasteiger partial charge is 0.465 e. The Labute approximate surface area is 103 Å². The van der Waals surface area contributed by atoms with Crippen molar-refractivity contribution in [2.45, 2.75) is 13.5 Å². The molecule has 6 nitrogen and oxygen atoms in total. The second-order valence-corrected chi connectivity index (χ2v) is 3.60. The average Bonchev–Trinajstić information content (AvgIpc) is 2.26. The molecule has 0 spiro atoms. The van der Waals surface area contributed by atoms with Crippen LogP contribution < -0.4 is 0 Å². The minimum absolute atomic E-state index is 0.127.